The molecule has 2 aromatic carbocycles. The van der Waals surface area contributed by atoms with Crippen molar-refractivity contribution in [3.63, 3.8) is 0 Å². The number of carboxylic acids is 1. The molecule has 236 valence electrons. The SMILES string of the molecule is Cc1cccc([C@H]2C3=CC[C@@H]4C(=O)N(CCCCCC(=O)O)C(=O)[C@@H]4[C@@H]3C[C@H]3C(=O)N(c4ccc(F)c(Cl)c4)C(=O)[C@@]23C)c1O. The zero-order valence-electron chi connectivity index (χ0n) is 25.0. The van der Waals surface area contributed by atoms with Crippen molar-refractivity contribution in [1.29, 1.82) is 0 Å². The summed E-state index contributed by atoms with van der Waals surface area (Å²) in [7, 11) is 0. The number of hydrogen-bond donors (Lipinski definition) is 2. The largest absolute Gasteiger partial charge is 0.507 e. The van der Waals surface area contributed by atoms with Crippen LogP contribution >= 0.6 is 11.6 Å². The van der Waals surface area contributed by atoms with E-state index in [1.54, 1.807) is 32.0 Å². The second-order valence-corrected chi connectivity index (χ2v) is 13.2. The molecule has 6 rings (SSSR count). The quantitative estimate of drug-likeness (QED) is 0.226. The molecule has 4 amide bonds. The Hall–Kier alpha value is -4.05. The topological polar surface area (TPSA) is 132 Å². The summed E-state index contributed by atoms with van der Waals surface area (Å²) in [4.78, 5) is 69.2. The van der Waals surface area contributed by atoms with Crippen LogP contribution in [-0.4, -0.2) is 51.3 Å². The van der Waals surface area contributed by atoms with Crippen LogP contribution in [0, 0.1) is 41.8 Å². The zero-order valence-corrected chi connectivity index (χ0v) is 25.7. The fourth-order valence-corrected chi connectivity index (χ4v) is 8.33. The van der Waals surface area contributed by atoms with Gasteiger partial charge in [-0.3, -0.25) is 28.9 Å². The summed E-state index contributed by atoms with van der Waals surface area (Å²) in [5, 5.41) is 20.0. The Labute approximate surface area is 264 Å². The van der Waals surface area contributed by atoms with Gasteiger partial charge in [-0.2, -0.15) is 0 Å². The standard InChI is InChI=1S/C34H34ClFN2O7/c1-17-7-6-8-21(29(17)41)28-19-11-12-20-27(32(44)37(30(20)42)14-5-3-4-9-26(39)40)22(19)16-23-31(43)38(33(45)34(23,28)2)18-10-13-25(36)24(35)15-18/h6-8,10-11,13,15,20,22-23,27-28,41H,3-5,9,12,14,16H2,1-2H3,(H,39,40)/t20-,22+,23-,27-,28+,34+/m0/s1. The second kappa shape index (κ2) is 11.4. The summed E-state index contributed by atoms with van der Waals surface area (Å²) in [6, 6.07) is 8.90. The van der Waals surface area contributed by atoms with E-state index in [-0.39, 0.29) is 54.1 Å². The van der Waals surface area contributed by atoms with Crippen LogP contribution in [0.1, 0.15) is 62.5 Å². The number of amides is 4. The molecule has 2 aliphatic heterocycles. The van der Waals surface area contributed by atoms with Gasteiger partial charge >= 0.3 is 5.97 Å². The van der Waals surface area contributed by atoms with Crippen molar-refractivity contribution in [2.45, 2.75) is 58.3 Å². The lowest BCUT2D eigenvalue weighted by Crippen LogP contribution is -2.49. The predicted octanol–water partition coefficient (Wildman–Crippen LogP) is 5.37. The van der Waals surface area contributed by atoms with Gasteiger partial charge in [0, 0.05) is 24.4 Å². The molecule has 1 saturated carbocycles. The van der Waals surface area contributed by atoms with Crippen LogP contribution in [0.15, 0.2) is 48.0 Å². The fourth-order valence-electron chi connectivity index (χ4n) is 8.15. The molecule has 11 heteroatoms. The third-order valence-corrected chi connectivity index (χ3v) is 10.7. The van der Waals surface area contributed by atoms with E-state index >= 15 is 0 Å². The van der Waals surface area contributed by atoms with Gasteiger partial charge in [-0.15, -0.1) is 0 Å². The number of fused-ring (bicyclic) bond motifs is 4. The monoisotopic (exact) mass is 636 g/mol. The molecule has 2 aliphatic carbocycles. The van der Waals surface area contributed by atoms with Crippen molar-refractivity contribution in [3.8, 4) is 5.75 Å². The number of unbranched alkanes of at least 4 members (excludes halogenated alkanes) is 2. The van der Waals surface area contributed by atoms with E-state index in [0.717, 1.165) is 16.5 Å². The van der Waals surface area contributed by atoms with Crippen LogP contribution in [-0.2, 0) is 24.0 Å². The number of likely N-dealkylation sites (tertiary alicyclic amines) is 1. The number of carbonyl (C=O) groups is 5. The highest BCUT2D eigenvalue weighted by molar-refractivity contribution is 6.31. The van der Waals surface area contributed by atoms with Gasteiger partial charge in [0.1, 0.15) is 11.6 Å². The number of aryl methyl sites for hydroxylation is 1. The minimum Gasteiger partial charge on any atom is -0.507 e. The Kier molecular flexibility index (Phi) is 7.83. The van der Waals surface area contributed by atoms with Crippen molar-refractivity contribution in [2.75, 3.05) is 11.4 Å². The van der Waals surface area contributed by atoms with Gasteiger partial charge in [0.2, 0.25) is 23.6 Å². The number of allylic oxidation sites excluding steroid dienone is 2. The highest BCUT2D eigenvalue weighted by Crippen LogP contribution is 2.64. The van der Waals surface area contributed by atoms with E-state index in [9.17, 15) is 33.5 Å². The van der Waals surface area contributed by atoms with Gasteiger partial charge in [-0.25, -0.2) is 9.29 Å². The summed E-state index contributed by atoms with van der Waals surface area (Å²) in [6.07, 6.45) is 3.84. The molecule has 2 saturated heterocycles. The van der Waals surface area contributed by atoms with Gasteiger partial charge in [0.15, 0.2) is 0 Å². The lowest BCUT2D eigenvalue weighted by molar-refractivity contribution is -0.141. The summed E-state index contributed by atoms with van der Waals surface area (Å²) >= 11 is 6.04. The molecule has 0 bridgehead atoms. The molecule has 4 aliphatic rings. The zero-order chi connectivity index (χ0) is 32.4. The van der Waals surface area contributed by atoms with E-state index < -0.39 is 58.6 Å². The number of phenolic OH excluding ortho intramolecular Hbond substituents is 1. The number of para-hydroxylation sites is 1. The summed E-state index contributed by atoms with van der Waals surface area (Å²) in [6.45, 7) is 3.64. The van der Waals surface area contributed by atoms with E-state index in [1.807, 2.05) is 6.08 Å². The minimum absolute atomic E-state index is 0.00788. The first-order valence-corrected chi connectivity index (χ1v) is 15.6. The van der Waals surface area contributed by atoms with Gasteiger partial charge < -0.3 is 10.2 Å². The number of aliphatic carboxylic acids is 1. The molecule has 0 aromatic heterocycles. The number of imide groups is 2. The number of aromatic hydroxyl groups is 1. The Balaban J connectivity index is 1.40. The van der Waals surface area contributed by atoms with Gasteiger partial charge in [-0.05, 0) is 69.2 Å². The number of carbonyl (C=O) groups excluding carboxylic acids is 4. The molecule has 2 aromatic rings. The van der Waals surface area contributed by atoms with Crippen molar-refractivity contribution in [2.24, 2.45) is 29.1 Å². The molecule has 0 unspecified atom stereocenters. The molecular weight excluding hydrogens is 603 g/mol. The number of phenols is 1. The number of halogens is 2. The first-order valence-electron chi connectivity index (χ1n) is 15.3. The molecular formula is C34H34ClFN2O7. The Morgan fingerprint density at radius 2 is 1.80 bits per heavy atom. The molecule has 9 nitrogen and oxygen atoms in total. The Morgan fingerprint density at radius 3 is 2.51 bits per heavy atom. The van der Waals surface area contributed by atoms with Gasteiger partial charge in [0.25, 0.3) is 0 Å². The van der Waals surface area contributed by atoms with Crippen LogP contribution in [0.5, 0.6) is 5.75 Å². The number of carboxylic acid groups (broad SMARTS) is 1. The maximum absolute atomic E-state index is 14.4. The van der Waals surface area contributed by atoms with Crippen LogP contribution in [0.2, 0.25) is 5.02 Å². The van der Waals surface area contributed by atoms with E-state index in [0.29, 0.717) is 30.4 Å². The van der Waals surface area contributed by atoms with E-state index in [4.69, 9.17) is 16.7 Å². The Bertz CT molecular complexity index is 1670. The molecule has 2 N–H and O–H groups in total. The maximum atomic E-state index is 14.4. The summed E-state index contributed by atoms with van der Waals surface area (Å²) in [5.74, 6) is -6.75. The number of rotatable bonds is 8. The number of hydrogen-bond acceptors (Lipinski definition) is 6. The summed E-state index contributed by atoms with van der Waals surface area (Å²) in [5.41, 5.74) is 0.581. The molecule has 0 radical (unpaired) electrons. The van der Waals surface area contributed by atoms with Crippen LogP contribution in [0.3, 0.4) is 0 Å². The Morgan fingerprint density at radius 1 is 1.04 bits per heavy atom. The van der Waals surface area contributed by atoms with Gasteiger partial charge in [0.05, 0.1) is 33.9 Å². The first kappa shape index (κ1) is 31.0. The fraction of sp³-hybridized carbons (Fsp3) is 0.441. The van der Waals surface area contributed by atoms with Crippen molar-refractivity contribution in [1.82, 2.24) is 4.90 Å². The highest BCUT2D eigenvalue weighted by atomic mass is 35.5. The number of anilines is 1. The number of benzene rings is 2. The van der Waals surface area contributed by atoms with E-state index in [1.165, 1.54) is 17.0 Å². The van der Waals surface area contributed by atoms with Gasteiger partial charge in [-0.1, -0.05) is 47.9 Å². The lowest BCUT2D eigenvalue weighted by atomic mass is 9.51. The molecule has 2 heterocycles. The predicted molar refractivity (Wildman–Crippen MR) is 162 cm³/mol. The minimum atomic E-state index is -1.35. The molecule has 6 atom stereocenters. The third-order valence-electron chi connectivity index (χ3n) is 10.4. The second-order valence-electron chi connectivity index (χ2n) is 12.8. The lowest BCUT2D eigenvalue weighted by Gasteiger charge is -2.49. The van der Waals surface area contributed by atoms with E-state index in [2.05, 4.69) is 0 Å². The summed E-state index contributed by atoms with van der Waals surface area (Å²) < 4.78 is 14.0. The molecule has 45 heavy (non-hydrogen) atoms. The molecule has 0 spiro atoms. The molecule has 3 fully saturated rings. The smallest absolute Gasteiger partial charge is 0.303 e. The van der Waals surface area contributed by atoms with Crippen LogP contribution < -0.4 is 4.90 Å². The third kappa shape index (κ3) is 4.76. The van der Waals surface area contributed by atoms with Crippen LogP contribution in [0.25, 0.3) is 0 Å². The average Bonchev–Trinajstić information content (AvgIpc) is 3.35. The normalized spacial score (nSPS) is 29.1. The maximum Gasteiger partial charge on any atom is 0.303 e. The van der Waals surface area contributed by atoms with Crippen molar-refractivity contribution in [3.05, 3.63) is 70.0 Å². The van der Waals surface area contributed by atoms with Crippen LogP contribution in [0.4, 0.5) is 10.1 Å². The number of nitrogens with zero attached hydrogens (tertiary/aromatic N) is 2. The average molecular weight is 637 g/mol. The van der Waals surface area contributed by atoms with Crippen molar-refractivity contribution >= 4 is 46.9 Å². The highest BCUT2D eigenvalue weighted by Gasteiger charge is 2.67. The first-order chi connectivity index (χ1) is 21.4. The van der Waals surface area contributed by atoms with Crippen molar-refractivity contribution < 1.29 is 38.6 Å².